The van der Waals surface area contributed by atoms with Crippen molar-refractivity contribution < 1.29 is 9.90 Å². The van der Waals surface area contributed by atoms with Crippen molar-refractivity contribution in [3.05, 3.63) is 46.2 Å². The summed E-state index contributed by atoms with van der Waals surface area (Å²) in [6.45, 7) is 0.713. The van der Waals surface area contributed by atoms with Crippen molar-refractivity contribution in [2.75, 3.05) is 17.7 Å². The van der Waals surface area contributed by atoms with Crippen molar-refractivity contribution in [2.45, 2.75) is 6.54 Å². The Morgan fingerprint density at radius 2 is 2.17 bits per heavy atom. The average Bonchev–Trinajstić information content (AvgIpc) is 2.81. The van der Waals surface area contributed by atoms with Gasteiger partial charge in [0, 0.05) is 11.9 Å². The second kappa shape index (κ2) is 5.10. The van der Waals surface area contributed by atoms with Gasteiger partial charge in [-0.1, -0.05) is 12.1 Å². The van der Waals surface area contributed by atoms with Crippen LogP contribution in [0, 0.1) is 0 Å². The van der Waals surface area contributed by atoms with Gasteiger partial charge >= 0.3 is 5.97 Å². The molecule has 1 aromatic carbocycles. The molecule has 94 valence electrons. The molecule has 0 amide bonds. The predicted octanol–water partition coefficient (Wildman–Crippen LogP) is 2.66. The lowest BCUT2D eigenvalue weighted by Gasteiger charge is -2.21. The van der Waals surface area contributed by atoms with E-state index in [0.717, 1.165) is 5.69 Å². The first-order chi connectivity index (χ1) is 8.59. The Hall–Kier alpha value is -2.01. The Labute approximate surface area is 109 Å². The smallest absolute Gasteiger partial charge is 0.337 e. The molecule has 0 spiro atoms. The number of aromatic carboxylic acids is 1. The minimum atomic E-state index is -1.00. The van der Waals surface area contributed by atoms with Gasteiger partial charge in [0.2, 0.25) is 0 Å². The van der Waals surface area contributed by atoms with Crippen LogP contribution in [0.3, 0.4) is 0 Å². The normalized spacial score (nSPS) is 10.3. The van der Waals surface area contributed by atoms with E-state index in [0.29, 0.717) is 12.2 Å². The molecular weight excluding hydrogens is 248 g/mol. The third-order valence-electron chi connectivity index (χ3n) is 2.70. The number of carbonyl (C=O) groups is 1. The minimum Gasteiger partial charge on any atom is -0.478 e. The molecule has 5 heteroatoms. The van der Waals surface area contributed by atoms with Crippen LogP contribution >= 0.6 is 11.3 Å². The van der Waals surface area contributed by atoms with Gasteiger partial charge in [0.05, 0.1) is 23.5 Å². The number of nitrogen functional groups attached to an aromatic ring is 1. The fourth-order valence-electron chi connectivity index (χ4n) is 1.79. The predicted molar refractivity (Wildman–Crippen MR) is 74.2 cm³/mol. The molecule has 2 rings (SSSR count). The van der Waals surface area contributed by atoms with Crippen LogP contribution in [0.25, 0.3) is 0 Å². The van der Waals surface area contributed by atoms with Crippen LogP contribution in [0.4, 0.5) is 11.4 Å². The highest BCUT2D eigenvalue weighted by Gasteiger charge is 2.13. The molecule has 0 saturated heterocycles. The first-order valence-electron chi connectivity index (χ1n) is 5.45. The summed E-state index contributed by atoms with van der Waals surface area (Å²) in [7, 11) is 1.90. The molecule has 0 aliphatic carbocycles. The van der Waals surface area contributed by atoms with Crippen molar-refractivity contribution in [3.8, 4) is 0 Å². The second-order valence-electron chi connectivity index (χ2n) is 3.98. The first kappa shape index (κ1) is 12.4. The molecule has 0 aliphatic heterocycles. The van der Waals surface area contributed by atoms with E-state index < -0.39 is 5.97 Å². The lowest BCUT2D eigenvalue weighted by atomic mass is 10.1. The van der Waals surface area contributed by atoms with Gasteiger partial charge in [-0.3, -0.25) is 0 Å². The number of hydrogen-bond donors (Lipinski definition) is 2. The van der Waals surface area contributed by atoms with E-state index in [9.17, 15) is 4.79 Å². The molecule has 0 atom stereocenters. The van der Waals surface area contributed by atoms with Crippen LogP contribution in [0.15, 0.2) is 35.7 Å². The van der Waals surface area contributed by atoms with Crippen LogP contribution < -0.4 is 10.6 Å². The number of nitrogens with zero attached hydrogens (tertiary/aromatic N) is 1. The van der Waals surface area contributed by atoms with Gasteiger partial charge in [0.1, 0.15) is 0 Å². The summed E-state index contributed by atoms with van der Waals surface area (Å²) in [5, 5.41) is 11.0. The van der Waals surface area contributed by atoms with Crippen molar-refractivity contribution in [1.29, 1.82) is 0 Å². The highest BCUT2D eigenvalue weighted by molar-refractivity contribution is 7.09. The maximum absolute atomic E-state index is 11.0. The standard InChI is InChI=1S/C13H14N2O2S/c1-15(8-9-4-3-7-18-9)11-6-2-5-10(12(11)14)13(16)17/h2-7H,8,14H2,1H3,(H,16,17). The van der Waals surface area contributed by atoms with Gasteiger partial charge in [-0.05, 0) is 23.6 Å². The molecule has 1 heterocycles. The summed E-state index contributed by atoms with van der Waals surface area (Å²) in [4.78, 5) is 14.2. The molecule has 1 aromatic heterocycles. The topological polar surface area (TPSA) is 66.6 Å². The number of carboxylic acids is 1. The SMILES string of the molecule is CN(Cc1cccs1)c1cccc(C(=O)O)c1N. The molecule has 2 aromatic rings. The number of anilines is 2. The molecule has 0 saturated carbocycles. The zero-order valence-electron chi connectivity index (χ0n) is 9.96. The van der Waals surface area contributed by atoms with Crippen LogP contribution in [0.1, 0.15) is 15.2 Å². The molecule has 0 radical (unpaired) electrons. The number of benzene rings is 1. The third-order valence-corrected chi connectivity index (χ3v) is 3.56. The fourth-order valence-corrected chi connectivity index (χ4v) is 2.55. The number of carboxylic acid groups (broad SMARTS) is 1. The summed E-state index contributed by atoms with van der Waals surface area (Å²) in [5.41, 5.74) is 7.09. The molecule has 0 unspecified atom stereocenters. The number of rotatable bonds is 4. The molecular formula is C13H14N2O2S. The van der Waals surface area contributed by atoms with Crippen LogP contribution in [0.2, 0.25) is 0 Å². The Kier molecular flexibility index (Phi) is 3.53. The maximum Gasteiger partial charge on any atom is 0.337 e. The van der Waals surface area contributed by atoms with Gasteiger partial charge in [-0.25, -0.2) is 4.79 Å². The van der Waals surface area contributed by atoms with Crippen molar-refractivity contribution in [1.82, 2.24) is 0 Å². The highest BCUT2D eigenvalue weighted by Crippen LogP contribution is 2.27. The molecule has 3 N–H and O–H groups in total. The molecule has 18 heavy (non-hydrogen) atoms. The maximum atomic E-state index is 11.0. The summed E-state index contributed by atoms with van der Waals surface area (Å²) in [6.07, 6.45) is 0. The molecule has 0 bridgehead atoms. The second-order valence-corrected chi connectivity index (χ2v) is 5.01. The Morgan fingerprint density at radius 3 is 2.78 bits per heavy atom. The lowest BCUT2D eigenvalue weighted by molar-refractivity contribution is 0.0698. The Balaban J connectivity index is 2.27. The number of nitrogens with two attached hydrogens (primary N) is 1. The highest BCUT2D eigenvalue weighted by atomic mass is 32.1. The zero-order valence-corrected chi connectivity index (χ0v) is 10.8. The number of thiophene rings is 1. The van der Waals surface area contributed by atoms with Crippen LogP contribution in [-0.2, 0) is 6.54 Å². The summed E-state index contributed by atoms with van der Waals surface area (Å²) in [5.74, 6) is -1.00. The van der Waals surface area contributed by atoms with Gasteiger partial charge in [0.15, 0.2) is 0 Å². The largest absolute Gasteiger partial charge is 0.478 e. The van der Waals surface area contributed by atoms with Crippen LogP contribution in [-0.4, -0.2) is 18.1 Å². The van der Waals surface area contributed by atoms with Gasteiger partial charge in [-0.2, -0.15) is 0 Å². The molecule has 0 fully saturated rings. The van der Waals surface area contributed by atoms with E-state index in [1.54, 1.807) is 17.4 Å². The third kappa shape index (κ3) is 2.46. The van der Waals surface area contributed by atoms with Gasteiger partial charge in [-0.15, -0.1) is 11.3 Å². The fraction of sp³-hybridized carbons (Fsp3) is 0.154. The van der Waals surface area contributed by atoms with E-state index in [1.165, 1.54) is 10.9 Å². The average molecular weight is 262 g/mol. The molecule has 4 nitrogen and oxygen atoms in total. The summed E-state index contributed by atoms with van der Waals surface area (Å²) in [6, 6.07) is 9.08. The zero-order chi connectivity index (χ0) is 13.1. The lowest BCUT2D eigenvalue weighted by Crippen LogP contribution is -2.18. The van der Waals surface area contributed by atoms with E-state index >= 15 is 0 Å². The van der Waals surface area contributed by atoms with Crippen molar-refractivity contribution in [2.24, 2.45) is 0 Å². The molecule has 0 aliphatic rings. The van der Waals surface area contributed by atoms with Crippen molar-refractivity contribution in [3.63, 3.8) is 0 Å². The van der Waals surface area contributed by atoms with E-state index in [4.69, 9.17) is 10.8 Å². The minimum absolute atomic E-state index is 0.144. The Bertz CT molecular complexity index is 552. The number of para-hydroxylation sites is 1. The van der Waals surface area contributed by atoms with Crippen LogP contribution in [0.5, 0.6) is 0 Å². The van der Waals surface area contributed by atoms with Crippen molar-refractivity contribution >= 4 is 28.7 Å². The van der Waals surface area contributed by atoms with Gasteiger partial charge in [0.25, 0.3) is 0 Å². The number of hydrogen-bond acceptors (Lipinski definition) is 4. The quantitative estimate of drug-likeness (QED) is 0.831. The van der Waals surface area contributed by atoms with Gasteiger partial charge < -0.3 is 15.7 Å². The summed E-state index contributed by atoms with van der Waals surface area (Å²) >= 11 is 1.66. The van der Waals surface area contributed by atoms with E-state index in [1.807, 2.05) is 35.5 Å². The Morgan fingerprint density at radius 1 is 1.39 bits per heavy atom. The van der Waals surface area contributed by atoms with E-state index in [2.05, 4.69) is 0 Å². The summed E-state index contributed by atoms with van der Waals surface area (Å²) < 4.78 is 0. The first-order valence-corrected chi connectivity index (χ1v) is 6.33. The monoisotopic (exact) mass is 262 g/mol. The van der Waals surface area contributed by atoms with E-state index in [-0.39, 0.29) is 5.56 Å².